The van der Waals surface area contributed by atoms with Gasteiger partial charge in [-0.15, -0.1) is 0 Å². The van der Waals surface area contributed by atoms with E-state index in [1.807, 2.05) is 37.3 Å². The number of anilines is 1. The summed E-state index contributed by atoms with van der Waals surface area (Å²) in [4.78, 5) is 27.5. The molecule has 4 rings (SSSR count). The van der Waals surface area contributed by atoms with Gasteiger partial charge in [-0.3, -0.25) is 4.79 Å². The lowest BCUT2D eigenvalue weighted by Gasteiger charge is -2.44. The third-order valence-corrected chi connectivity index (χ3v) is 6.88. The maximum Gasteiger partial charge on any atom is 0.322 e. The van der Waals surface area contributed by atoms with Gasteiger partial charge in [-0.25, -0.2) is 4.79 Å². The number of nitrogens with zero attached hydrogens (tertiary/aromatic N) is 1. The number of carbonyl (C=O) groups is 2. The van der Waals surface area contributed by atoms with Crippen LogP contribution in [0.1, 0.15) is 37.8 Å². The molecule has 0 saturated carbocycles. The third-order valence-electron chi connectivity index (χ3n) is 6.45. The number of hydrogen-bond donors (Lipinski definition) is 3. The second-order valence-electron chi connectivity index (χ2n) is 9.28. The second-order valence-corrected chi connectivity index (χ2v) is 10.2. The van der Waals surface area contributed by atoms with E-state index in [1.54, 1.807) is 23.1 Å². The van der Waals surface area contributed by atoms with Gasteiger partial charge in [0.25, 0.3) is 0 Å². The summed E-state index contributed by atoms with van der Waals surface area (Å²) in [5.74, 6) is -0.0931. The van der Waals surface area contributed by atoms with Crippen LogP contribution in [-0.2, 0) is 14.3 Å². The van der Waals surface area contributed by atoms with Crippen LogP contribution in [0, 0.1) is 0 Å². The molecule has 2 heterocycles. The zero-order chi connectivity index (χ0) is 25.7. The van der Waals surface area contributed by atoms with Crippen molar-refractivity contribution >= 4 is 40.8 Å². The minimum absolute atomic E-state index is 0.0824. The molecule has 0 spiro atoms. The number of ether oxygens (including phenoxy) is 2. The van der Waals surface area contributed by atoms with Crippen LogP contribution in [0.5, 0.6) is 0 Å². The monoisotopic (exact) mass is 535 g/mol. The Morgan fingerprint density at radius 3 is 2.56 bits per heavy atom. The summed E-state index contributed by atoms with van der Waals surface area (Å²) in [5.41, 5.74) is 1.49. The van der Waals surface area contributed by atoms with Crippen LogP contribution in [0.15, 0.2) is 48.5 Å². The highest BCUT2D eigenvalue weighted by molar-refractivity contribution is 6.35. The third kappa shape index (κ3) is 7.11. The number of hydrogen-bond acceptors (Lipinski definition) is 5. The first-order valence-corrected chi connectivity index (χ1v) is 12.8. The lowest BCUT2D eigenvalue weighted by atomic mass is 9.94. The molecule has 3 amide bonds. The van der Waals surface area contributed by atoms with Crippen LogP contribution in [0.25, 0.3) is 0 Å². The standard InChI is InChI=1S/C26H31Cl2N3O5/c1-16(17-5-3-2-4-6-17)29-25(33)12-22-7-8-23-24(36-22)15-35-14-21(32)13-31(23)26(34)30-20-10-18(27)9-19(28)11-20/h2-6,9-11,16,21-24,32H,7-8,12-15H2,1H3,(H,29,33)(H,30,34)/t16-,21+,22+,23-,24+/m0/s1. The first kappa shape index (κ1) is 26.7. The topological polar surface area (TPSA) is 100 Å². The molecule has 0 bridgehead atoms. The number of fused-ring (bicyclic) bond motifs is 1. The van der Waals surface area contributed by atoms with Crippen molar-refractivity contribution in [1.82, 2.24) is 10.2 Å². The summed E-state index contributed by atoms with van der Waals surface area (Å²) in [6.45, 7) is 2.33. The van der Waals surface area contributed by atoms with Crippen LogP contribution >= 0.6 is 23.2 Å². The number of rotatable bonds is 5. The van der Waals surface area contributed by atoms with Gasteiger partial charge in [0.2, 0.25) is 5.91 Å². The minimum atomic E-state index is -0.831. The molecule has 2 aromatic carbocycles. The fourth-order valence-corrected chi connectivity index (χ4v) is 5.25. The van der Waals surface area contributed by atoms with E-state index in [9.17, 15) is 14.7 Å². The Hall–Kier alpha value is -2.36. The predicted octanol–water partition coefficient (Wildman–Crippen LogP) is 4.40. The Balaban J connectivity index is 1.39. The Labute approximate surface area is 220 Å². The van der Waals surface area contributed by atoms with Crippen LogP contribution in [0.4, 0.5) is 10.5 Å². The van der Waals surface area contributed by atoms with E-state index in [2.05, 4.69) is 10.6 Å². The molecule has 194 valence electrons. The van der Waals surface area contributed by atoms with Gasteiger partial charge >= 0.3 is 6.03 Å². The fraction of sp³-hybridized carbons (Fsp3) is 0.462. The van der Waals surface area contributed by atoms with E-state index >= 15 is 0 Å². The van der Waals surface area contributed by atoms with Crippen LogP contribution in [0.2, 0.25) is 10.0 Å². The number of β-amino-alcohol motifs (C(OH)–C–C–N with tert-alkyl or cyclic N) is 1. The van der Waals surface area contributed by atoms with Gasteiger partial charge in [0.05, 0.1) is 50.5 Å². The first-order chi connectivity index (χ1) is 17.3. The molecular weight excluding hydrogens is 505 g/mol. The number of nitrogens with one attached hydrogen (secondary N) is 2. The Kier molecular flexibility index (Phi) is 9.09. The molecule has 0 aliphatic carbocycles. The summed E-state index contributed by atoms with van der Waals surface area (Å²) in [7, 11) is 0. The SMILES string of the molecule is C[C@H](NC(=O)C[C@H]1CC[C@H]2[C@@H](COC[C@H](O)CN2C(=O)Nc2cc(Cl)cc(Cl)c2)O1)c1ccccc1. The summed E-state index contributed by atoms with van der Waals surface area (Å²) in [5, 5.41) is 17.0. The van der Waals surface area contributed by atoms with E-state index in [0.29, 0.717) is 28.6 Å². The van der Waals surface area contributed by atoms with E-state index in [-0.39, 0.29) is 56.3 Å². The lowest BCUT2D eigenvalue weighted by molar-refractivity contribution is -0.150. The molecule has 36 heavy (non-hydrogen) atoms. The highest BCUT2D eigenvalue weighted by atomic mass is 35.5. The fourth-order valence-electron chi connectivity index (χ4n) is 4.73. The Morgan fingerprint density at radius 1 is 1.11 bits per heavy atom. The first-order valence-electron chi connectivity index (χ1n) is 12.1. The smallest absolute Gasteiger partial charge is 0.322 e. The molecule has 2 aliphatic rings. The number of aliphatic hydroxyl groups excluding tert-OH is 1. The van der Waals surface area contributed by atoms with E-state index in [4.69, 9.17) is 32.7 Å². The van der Waals surface area contributed by atoms with Crippen LogP contribution in [-0.4, -0.2) is 66.1 Å². The maximum atomic E-state index is 13.2. The largest absolute Gasteiger partial charge is 0.389 e. The van der Waals surface area contributed by atoms with Gasteiger partial charge in [-0.2, -0.15) is 0 Å². The molecular formula is C26H31Cl2N3O5. The number of amides is 3. The number of carbonyl (C=O) groups excluding carboxylic acids is 2. The predicted molar refractivity (Wildman–Crippen MR) is 138 cm³/mol. The molecule has 10 heteroatoms. The van der Waals surface area contributed by atoms with E-state index < -0.39 is 12.2 Å². The van der Waals surface area contributed by atoms with Gasteiger partial charge in [0.15, 0.2) is 0 Å². The number of halogens is 2. The quantitative estimate of drug-likeness (QED) is 0.526. The number of benzene rings is 2. The Morgan fingerprint density at radius 2 is 1.83 bits per heavy atom. The van der Waals surface area contributed by atoms with Crippen LogP contribution in [0.3, 0.4) is 0 Å². The van der Waals surface area contributed by atoms with Crippen LogP contribution < -0.4 is 10.6 Å². The molecule has 2 fully saturated rings. The van der Waals surface area contributed by atoms with Crippen molar-refractivity contribution in [2.24, 2.45) is 0 Å². The average Bonchev–Trinajstić information content (AvgIpc) is 2.81. The van der Waals surface area contributed by atoms with Gasteiger partial charge in [-0.05, 0) is 43.5 Å². The lowest BCUT2D eigenvalue weighted by Crippen LogP contribution is -2.58. The summed E-state index contributed by atoms with van der Waals surface area (Å²) in [6.07, 6.45) is -0.130. The second kappa shape index (κ2) is 12.3. The van der Waals surface area contributed by atoms with Crippen molar-refractivity contribution in [3.05, 3.63) is 64.1 Å². The van der Waals surface area contributed by atoms with Crippen molar-refractivity contribution in [3.63, 3.8) is 0 Å². The number of aliphatic hydroxyl groups is 1. The van der Waals surface area contributed by atoms with Crippen molar-refractivity contribution in [2.75, 3.05) is 25.1 Å². The zero-order valence-corrected chi connectivity index (χ0v) is 21.5. The van der Waals surface area contributed by atoms with Gasteiger partial charge in [-0.1, -0.05) is 53.5 Å². The normalized spacial score (nSPS) is 25.2. The molecule has 2 aromatic rings. The zero-order valence-electron chi connectivity index (χ0n) is 20.0. The van der Waals surface area contributed by atoms with Crippen molar-refractivity contribution in [2.45, 2.75) is 56.6 Å². The maximum absolute atomic E-state index is 13.2. The number of urea groups is 1. The molecule has 2 saturated heterocycles. The van der Waals surface area contributed by atoms with Crippen molar-refractivity contribution < 1.29 is 24.2 Å². The molecule has 0 unspecified atom stereocenters. The molecule has 0 radical (unpaired) electrons. The Bertz CT molecular complexity index is 1040. The van der Waals surface area contributed by atoms with E-state index in [1.165, 1.54) is 0 Å². The molecule has 0 aromatic heterocycles. The highest BCUT2D eigenvalue weighted by Crippen LogP contribution is 2.29. The van der Waals surface area contributed by atoms with Crippen molar-refractivity contribution in [3.8, 4) is 0 Å². The molecule has 5 atom stereocenters. The van der Waals surface area contributed by atoms with Gasteiger partial charge in [0, 0.05) is 15.7 Å². The molecule has 2 aliphatic heterocycles. The minimum Gasteiger partial charge on any atom is -0.389 e. The summed E-state index contributed by atoms with van der Waals surface area (Å²) >= 11 is 12.1. The summed E-state index contributed by atoms with van der Waals surface area (Å²) < 4.78 is 11.9. The molecule has 3 N–H and O–H groups in total. The van der Waals surface area contributed by atoms with Gasteiger partial charge < -0.3 is 30.1 Å². The van der Waals surface area contributed by atoms with Crippen molar-refractivity contribution in [1.29, 1.82) is 0 Å². The van der Waals surface area contributed by atoms with E-state index in [0.717, 1.165) is 5.56 Å². The van der Waals surface area contributed by atoms with Gasteiger partial charge in [0.1, 0.15) is 6.10 Å². The average molecular weight is 536 g/mol. The molecule has 8 nitrogen and oxygen atoms in total. The summed E-state index contributed by atoms with van der Waals surface area (Å²) in [6, 6.07) is 13.7. The highest BCUT2D eigenvalue weighted by Gasteiger charge is 2.40.